The van der Waals surface area contributed by atoms with Crippen molar-refractivity contribution in [3.63, 3.8) is 0 Å². The highest BCUT2D eigenvalue weighted by molar-refractivity contribution is 9.10. The number of aryl methyl sites for hydroxylation is 2. The maximum absolute atomic E-state index is 13.3. The molecule has 0 bridgehead atoms. The molecule has 1 aromatic carbocycles. The van der Waals surface area contributed by atoms with E-state index in [2.05, 4.69) is 46.3 Å². The van der Waals surface area contributed by atoms with E-state index in [1.807, 2.05) is 5.48 Å². The first-order chi connectivity index (χ1) is 12.9. The van der Waals surface area contributed by atoms with Crippen LogP contribution in [-0.4, -0.2) is 37.0 Å². The van der Waals surface area contributed by atoms with Gasteiger partial charge in [0.15, 0.2) is 11.5 Å². The average Bonchev–Trinajstić information content (AvgIpc) is 3.21. The third kappa shape index (κ3) is 4.01. The molecule has 0 aliphatic rings. The molecule has 10 nitrogen and oxygen atoms in total. The summed E-state index contributed by atoms with van der Waals surface area (Å²) in [7, 11) is 1.62. The van der Waals surface area contributed by atoms with Crippen molar-refractivity contribution in [2.24, 2.45) is 12.0 Å². The molecule has 3 rings (SSSR count). The largest absolute Gasteiger partial charge is 0.300 e. The normalized spacial score (nSPS) is 11.5. The van der Waals surface area contributed by atoms with Gasteiger partial charge in [0, 0.05) is 7.05 Å². The summed E-state index contributed by atoms with van der Waals surface area (Å²) in [4.78, 5) is 16.5. The van der Waals surface area contributed by atoms with Gasteiger partial charge in [-0.2, -0.15) is 5.10 Å². The third-order valence-electron chi connectivity index (χ3n) is 3.43. The van der Waals surface area contributed by atoms with E-state index in [4.69, 9.17) is 0 Å². The molecule has 140 valence electrons. The number of hydroxylamine groups is 1. The van der Waals surface area contributed by atoms with Gasteiger partial charge in [-0.05, 0) is 57.4 Å². The van der Waals surface area contributed by atoms with Crippen molar-refractivity contribution in [1.82, 2.24) is 25.6 Å². The first-order valence-electron chi connectivity index (χ1n) is 7.48. The first-order valence-corrected chi connectivity index (χ1v) is 8.27. The molecule has 0 unspecified atom stereocenters. The van der Waals surface area contributed by atoms with Crippen LogP contribution < -0.4 is 10.8 Å². The van der Waals surface area contributed by atoms with Crippen LogP contribution in [0.2, 0.25) is 0 Å². The molecule has 0 spiro atoms. The number of hydrogen-bond donors (Lipinski definition) is 3. The molecule has 0 fully saturated rings. The zero-order valence-corrected chi connectivity index (χ0v) is 15.7. The van der Waals surface area contributed by atoms with Crippen LogP contribution in [-0.2, 0) is 7.05 Å². The van der Waals surface area contributed by atoms with E-state index < -0.39 is 11.7 Å². The molecule has 0 saturated heterocycles. The van der Waals surface area contributed by atoms with Crippen LogP contribution in [0.15, 0.2) is 38.4 Å². The van der Waals surface area contributed by atoms with Crippen molar-refractivity contribution in [1.29, 1.82) is 0 Å². The van der Waals surface area contributed by atoms with Gasteiger partial charge in [0.25, 0.3) is 5.91 Å². The topological polar surface area (TPSA) is 130 Å². The summed E-state index contributed by atoms with van der Waals surface area (Å²) < 4.78 is 19.6. The number of aliphatic imine (C=N–C) groups is 1. The smallest absolute Gasteiger partial charge is 0.275 e. The van der Waals surface area contributed by atoms with Crippen molar-refractivity contribution in [2.45, 2.75) is 6.92 Å². The number of benzene rings is 1. The van der Waals surface area contributed by atoms with Gasteiger partial charge in [-0.25, -0.2) is 14.0 Å². The quantitative estimate of drug-likeness (QED) is 0.324. The summed E-state index contributed by atoms with van der Waals surface area (Å²) in [6.07, 6.45) is 0. The van der Waals surface area contributed by atoms with Gasteiger partial charge in [0.1, 0.15) is 11.5 Å². The minimum Gasteiger partial charge on any atom is -0.300 e. The number of anilines is 1. The lowest BCUT2D eigenvalue weighted by Gasteiger charge is -2.05. The van der Waals surface area contributed by atoms with Crippen LogP contribution >= 0.6 is 15.9 Å². The maximum atomic E-state index is 13.3. The second-order valence-electron chi connectivity index (χ2n) is 5.38. The number of amidine groups is 1. The molecule has 0 radical (unpaired) electrons. The molecule has 3 N–H and O–H groups in total. The van der Waals surface area contributed by atoms with E-state index in [0.717, 1.165) is 0 Å². The zero-order valence-electron chi connectivity index (χ0n) is 14.1. The molecule has 27 heavy (non-hydrogen) atoms. The van der Waals surface area contributed by atoms with Crippen LogP contribution in [0.1, 0.15) is 21.9 Å². The van der Waals surface area contributed by atoms with E-state index in [9.17, 15) is 14.4 Å². The second kappa shape index (κ2) is 7.63. The molecule has 0 aliphatic heterocycles. The SMILES string of the molecule is Cc1cc(C(=O)Nc2nonc2C(=Nc2ccc(F)c(Br)c2)NO)n(C)n1. The highest BCUT2D eigenvalue weighted by atomic mass is 79.9. The predicted molar refractivity (Wildman–Crippen MR) is 95.4 cm³/mol. The molecule has 3 aromatic rings. The van der Waals surface area contributed by atoms with Gasteiger partial charge < -0.3 is 5.32 Å². The summed E-state index contributed by atoms with van der Waals surface area (Å²) in [5.41, 5.74) is 3.08. The molecule has 12 heteroatoms. The zero-order chi connectivity index (χ0) is 19.6. The average molecular weight is 438 g/mol. The Kier molecular flexibility index (Phi) is 5.28. The summed E-state index contributed by atoms with van der Waals surface area (Å²) in [5.74, 6) is -1.20. The van der Waals surface area contributed by atoms with Crippen molar-refractivity contribution < 1.29 is 19.0 Å². The summed E-state index contributed by atoms with van der Waals surface area (Å²) >= 11 is 3.05. The molecule has 2 aromatic heterocycles. The Morgan fingerprint density at radius 3 is 2.78 bits per heavy atom. The number of nitrogens with one attached hydrogen (secondary N) is 2. The Morgan fingerprint density at radius 2 is 2.15 bits per heavy atom. The van der Waals surface area contributed by atoms with Crippen LogP contribution in [0.5, 0.6) is 0 Å². The third-order valence-corrected chi connectivity index (χ3v) is 4.04. The number of nitrogens with zero attached hydrogens (tertiary/aromatic N) is 5. The van der Waals surface area contributed by atoms with Crippen LogP contribution in [0.3, 0.4) is 0 Å². The number of carbonyl (C=O) groups excluding carboxylic acids is 1. The standard InChI is InChI=1S/C15H13BrFN7O3/c1-7-5-11(24(2)20-7)15(25)19-14-12(22-27-23-14)13(21-26)18-8-3-4-10(17)9(16)6-8/h3-6,26H,1-2H3,(H,18,21)(H,19,23,25). The minimum absolute atomic E-state index is 0.0508. The molecule has 0 atom stereocenters. The van der Waals surface area contributed by atoms with Gasteiger partial charge in [-0.3, -0.25) is 20.2 Å². The fourth-order valence-corrected chi connectivity index (χ4v) is 2.60. The van der Waals surface area contributed by atoms with Gasteiger partial charge in [0.2, 0.25) is 5.82 Å². The minimum atomic E-state index is -0.503. The van der Waals surface area contributed by atoms with Crippen molar-refractivity contribution in [3.05, 3.63) is 51.6 Å². The van der Waals surface area contributed by atoms with Crippen LogP contribution in [0.25, 0.3) is 0 Å². The lowest BCUT2D eigenvalue weighted by Crippen LogP contribution is -2.24. The molecular formula is C15H13BrFN7O3. The summed E-state index contributed by atoms with van der Waals surface area (Å²) in [5, 5.41) is 23.3. The maximum Gasteiger partial charge on any atom is 0.275 e. The van der Waals surface area contributed by atoms with Crippen molar-refractivity contribution in [2.75, 3.05) is 5.32 Å². The van der Waals surface area contributed by atoms with Gasteiger partial charge in [0.05, 0.1) is 15.9 Å². The first kappa shape index (κ1) is 18.7. The molecule has 2 heterocycles. The number of amides is 1. The van der Waals surface area contributed by atoms with E-state index in [1.54, 1.807) is 20.0 Å². The van der Waals surface area contributed by atoms with Crippen LogP contribution in [0, 0.1) is 12.7 Å². The Balaban J connectivity index is 1.90. The highest BCUT2D eigenvalue weighted by Crippen LogP contribution is 2.23. The van der Waals surface area contributed by atoms with Crippen molar-refractivity contribution in [3.8, 4) is 0 Å². The lowest BCUT2D eigenvalue weighted by atomic mass is 10.3. The lowest BCUT2D eigenvalue weighted by molar-refractivity contribution is 0.101. The molecule has 1 amide bonds. The van der Waals surface area contributed by atoms with Crippen LogP contribution in [0.4, 0.5) is 15.9 Å². The predicted octanol–water partition coefficient (Wildman–Crippen LogP) is 2.32. The Bertz CT molecular complexity index is 1030. The molecular weight excluding hydrogens is 425 g/mol. The molecule has 0 saturated carbocycles. The number of halogens is 2. The number of carbonyl (C=O) groups is 1. The fourth-order valence-electron chi connectivity index (χ4n) is 2.24. The summed E-state index contributed by atoms with van der Waals surface area (Å²) in [6, 6.07) is 5.59. The van der Waals surface area contributed by atoms with Gasteiger partial charge in [-0.1, -0.05) is 0 Å². The highest BCUT2D eigenvalue weighted by Gasteiger charge is 2.21. The number of aromatic nitrogens is 4. The van der Waals surface area contributed by atoms with E-state index in [1.165, 1.54) is 22.9 Å². The van der Waals surface area contributed by atoms with Gasteiger partial charge >= 0.3 is 0 Å². The number of hydrogen-bond acceptors (Lipinski definition) is 7. The van der Waals surface area contributed by atoms with E-state index >= 15 is 0 Å². The van der Waals surface area contributed by atoms with E-state index in [-0.39, 0.29) is 21.8 Å². The Labute approximate surface area is 160 Å². The Hall–Kier alpha value is -3.12. The Morgan fingerprint density at radius 1 is 1.37 bits per heavy atom. The number of rotatable bonds is 4. The molecule has 0 aliphatic carbocycles. The van der Waals surface area contributed by atoms with Crippen molar-refractivity contribution >= 4 is 39.2 Å². The van der Waals surface area contributed by atoms with E-state index in [0.29, 0.717) is 17.1 Å². The monoisotopic (exact) mass is 437 g/mol. The fraction of sp³-hybridized carbons (Fsp3) is 0.133. The summed E-state index contributed by atoms with van der Waals surface area (Å²) in [6.45, 7) is 1.75. The second-order valence-corrected chi connectivity index (χ2v) is 6.24. The van der Waals surface area contributed by atoms with Gasteiger partial charge in [-0.15, -0.1) is 0 Å².